The lowest BCUT2D eigenvalue weighted by Gasteiger charge is -2.67. The fourth-order valence-corrected chi connectivity index (χ4v) is 9.15. The van der Waals surface area contributed by atoms with Gasteiger partial charge in [-0.05, 0) is 69.4 Å². The van der Waals surface area contributed by atoms with Crippen LogP contribution >= 0.6 is 0 Å². The lowest BCUT2D eigenvalue weighted by atomic mass is 9.43. The zero-order chi connectivity index (χ0) is 26.1. The quantitative estimate of drug-likeness (QED) is 0.401. The van der Waals surface area contributed by atoms with E-state index in [1.165, 1.54) is 6.08 Å². The van der Waals surface area contributed by atoms with E-state index in [0.717, 1.165) is 0 Å². The van der Waals surface area contributed by atoms with Gasteiger partial charge in [0.2, 0.25) is 5.79 Å². The molecule has 0 aromatic rings. The van der Waals surface area contributed by atoms with E-state index < -0.39 is 46.0 Å². The van der Waals surface area contributed by atoms with Gasteiger partial charge >= 0.3 is 5.97 Å². The summed E-state index contributed by atoms with van der Waals surface area (Å²) < 4.78 is 11.7. The molecule has 6 aliphatic rings. The summed E-state index contributed by atoms with van der Waals surface area (Å²) >= 11 is 0. The van der Waals surface area contributed by atoms with Gasteiger partial charge in [0.1, 0.15) is 0 Å². The maximum absolute atomic E-state index is 13.3. The van der Waals surface area contributed by atoms with Crippen molar-refractivity contribution in [3.05, 3.63) is 34.9 Å². The number of esters is 1. The minimum Gasteiger partial charge on any atom is -0.429 e. The number of carbonyl (C=O) groups is 2. The molecule has 8 nitrogen and oxygen atoms in total. The summed E-state index contributed by atoms with van der Waals surface area (Å²) in [5.41, 5.74) is -1.96. The van der Waals surface area contributed by atoms with E-state index in [-0.39, 0.29) is 49.4 Å². The van der Waals surface area contributed by atoms with Crippen LogP contribution in [0.3, 0.4) is 0 Å². The summed E-state index contributed by atoms with van der Waals surface area (Å²) in [6, 6.07) is 0. The zero-order valence-corrected chi connectivity index (χ0v) is 21.3. The van der Waals surface area contributed by atoms with Crippen molar-refractivity contribution in [2.75, 3.05) is 6.61 Å². The van der Waals surface area contributed by atoms with E-state index in [9.17, 15) is 30.0 Å². The average molecular weight is 501 g/mol. The molecule has 8 heteroatoms. The van der Waals surface area contributed by atoms with Crippen molar-refractivity contribution in [1.82, 2.24) is 0 Å². The molecule has 2 heterocycles. The molecule has 10 unspecified atom stereocenters. The Labute approximate surface area is 210 Å². The van der Waals surface area contributed by atoms with Crippen LogP contribution in [0.25, 0.3) is 0 Å². The van der Waals surface area contributed by atoms with Gasteiger partial charge in [0.25, 0.3) is 0 Å². The second-order valence-corrected chi connectivity index (χ2v) is 12.5. The fourth-order valence-electron chi connectivity index (χ4n) is 9.15. The van der Waals surface area contributed by atoms with Gasteiger partial charge in [-0.2, -0.15) is 0 Å². The molecule has 4 aliphatic carbocycles. The summed E-state index contributed by atoms with van der Waals surface area (Å²) in [7, 11) is 0. The van der Waals surface area contributed by atoms with Crippen LogP contribution in [0, 0.1) is 34.5 Å². The topological polar surface area (TPSA) is 134 Å². The van der Waals surface area contributed by atoms with Gasteiger partial charge in [0.15, 0.2) is 11.6 Å². The third-order valence-corrected chi connectivity index (χ3v) is 11.4. The molecular weight excluding hydrogens is 464 g/mol. The highest BCUT2D eigenvalue weighted by Gasteiger charge is 2.79. The third-order valence-electron chi connectivity index (χ3n) is 11.4. The lowest BCUT2D eigenvalue weighted by Crippen LogP contribution is -2.76. The highest BCUT2D eigenvalue weighted by molar-refractivity contribution is 5.99. The van der Waals surface area contributed by atoms with Crippen LogP contribution in [0.15, 0.2) is 34.9 Å². The maximum Gasteiger partial charge on any atom is 0.336 e. The van der Waals surface area contributed by atoms with E-state index >= 15 is 0 Å². The van der Waals surface area contributed by atoms with Crippen molar-refractivity contribution in [3.63, 3.8) is 0 Å². The Morgan fingerprint density at radius 3 is 2.50 bits per heavy atom. The molecule has 0 aromatic heterocycles. The van der Waals surface area contributed by atoms with E-state index in [4.69, 9.17) is 9.47 Å². The summed E-state index contributed by atoms with van der Waals surface area (Å²) in [5, 5.41) is 47.3. The minimum absolute atomic E-state index is 0.0535. The standard InChI is InChI=1S/C28H36O8/c1-14-11-27(33,36-23(31)15(14)2)21-13-35-28(34)12-19-16(17-8-9-26(21,32)25(17,28)4)10-20(29)18-6-5-7-22(30)24(18,19)3/h5-7,16-17,19-21,29,32-34H,8-13H2,1-4H3. The summed E-state index contributed by atoms with van der Waals surface area (Å²) in [5.74, 6) is -6.12. The first kappa shape index (κ1) is 24.5. The van der Waals surface area contributed by atoms with Crippen LogP contribution in [0.1, 0.15) is 59.8 Å². The van der Waals surface area contributed by atoms with Gasteiger partial charge in [-0.15, -0.1) is 0 Å². The molecule has 3 saturated carbocycles. The highest BCUT2D eigenvalue weighted by Crippen LogP contribution is 2.73. The van der Waals surface area contributed by atoms with Crippen LogP contribution in [0.5, 0.6) is 0 Å². The highest BCUT2D eigenvalue weighted by atomic mass is 16.7. The van der Waals surface area contributed by atoms with Gasteiger partial charge < -0.3 is 29.9 Å². The molecule has 36 heavy (non-hydrogen) atoms. The number of aliphatic hydroxyl groups excluding tert-OH is 1. The van der Waals surface area contributed by atoms with Crippen molar-refractivity contribution in [1.29, 1.82) is 0 Å². The first-order chi connectivity index (χ1) is 16.7. The number of carbonyl (C=O) groups excluding carboxylic acids is 2. The number of allylic oxidation sites excluding steroid dienone is 3. The molecule has 196 valence electrons. The van der Waals surface area contributed by atoms with E-state index in [0.29, 0.717) is 29.6 Å². The van der Waals surface area contributed by atoms with E-state index in [1.54, 1.807) is 26.8 Å². The molecule has 4 fully saturated rings. The van der Waals surface area contributed by atoms with Crippen LogP contribution < -0.4 is 0 Å². The number of ketones is 1. The first-order valence-electron chi connectivity index (χ1n) is 13.0. The number of hydrogen-bond donors (Lipinski definition) is 4. The predicted molar refractivity (Wildman–Crippen MR) is 127 cm³/mol. The Balaban J connectivity index is 1.44. The smallest absolute Gasteiger partial charge is 0.336 e. The van der Waals surface area contributed by atoms with Crippen molar-refractivity contribution >= 4 is 11.8 Å². The monoisotopic (exact) mass is 500 g/mol. The number of ether oxygens (including phenoxy) is 2. The molecule has 0 bridgehead atoms. The van der Waals surface area contributed by atoms with Crippen LogP contribution in [0.2, 0.25) is 0 Å². The Hall–Kier alpha value is -1.84. The average Bonchev–Trinajstić information content (AvgIpc) is 3.08. The second-order valence-electron chi connectivity index (χ2n) is 12.5. The van der Waals surface area contributed by atoms with Crippen LogP contribution in [-0.2, 0) is 19.1 Å². The third kappa shape index (κ3) is 2.62. The Morgan fingerprint density at radius 1 is 1.08 bits per heavy atom. The maximum atomic E-state index is 13.3. The zero-order valence-electron chi connectivity index (χ0n) is 21.3. The summed E-state index contributed by atoms with van der Waals surface area (Å²) in [6.07, 6.45) is 5.62. The second kappa shape index (κ2) is 7.17. The number of hydrogen-bond acceptors (Lipinski definition) is 8. The van der Waals surface area contributed by atoms with E-state index in [1.807, 2.05) is 13.0 Å². The van der Waals surface area contributed by atoms with Gasteiger partial charge in [0, 0.05) is 18.4 Å². The Bertz CT molecular complexity index is 1150. The summed E-state index contributed by atoms with van der Waals surface area (Å²) in [6.45, 7) is 6.87. The fraction of sp³-hybridized carbons (Fsp3) is 0.714. The van der Waals surface area contributed by atoms with Crippen molar-refractivity contribution in [3.8, 4) is 0 Å². The molecule has 0 spiro atoms. The van der Waals surface area contributed by atoms with Crippen molar-refractivity contribution in [2.24, 2.45) is 34.5 Å². The summed E-state index contributed by atoms with van der Waals surface area (Å²) in [4.78, 5) is 25.8. The Kier molecular flexibility index (Phi) is 4.88. The largest absolute Gasteiger partial charge is 0.429 e. The van der Waals surface area contributed by atoms with Crippen LogP contribution in [0.4, 0.5) is 0 Å². The predicted octanol–water partition coefficient (Wildman–Crippen LogP) is 1.91. The minimum atomic E-state index is -1.97. The number of aliphatic hydroxyl groups is 4. The molecule has 1 saturated heterocycles. The first-order valence-corrected chi connectivity index (χ1v) is 13.0. The van der Waals surface area contributed by atoms with Crippen molar-refractivity contribution in [2.45, 2.75) is 83.1 Å². The molecular formula is C28H36O8. The lowest BCUT2D eigenvalue weighted by molar-refractivity contribution is -0.415. The van der Waals surface area contributed by atoms with Gasteiger partial charge in [-0.3, -0.25) is 4.79 Å². The molecule has 10 atom stereocenters. The SMILES string of the molecule is CC1=C(C)C(=O)OC(O)(C2COC3(O)CC4C(CC(O)C5=CC=CC(=O)C54C)C4CCC2(O)C43C)C1. The molecule has 6 rings (SSSR count). The van der Waals surface area contributed by atoms with Crippen molar-refractivity contribution < 1.29 is 39.5 Å². The molecule has 0 aromatic carbocycles. The molecule has 0 radical (unpaired) electrons. The van der Waals surface area contributed by atoms with Gasteiger partial charge in [0.05, 0.1) is 35.1 Å². The van der Waals surface area contributed by atoms with E-state index in [2.05, 4.69) is 0 Å². The number of rotatable bonds is 1. The molecule has 4 N–H and O–H groups in total. The number of fused-ring (bicyclic) bond motifs is 4. The number of cyclic esters (lactones) is 1. The van der Waals surface area contributed by atoms with Gasteiger partial charge in [-0.25, -0.2) is 4.79 Å². The van der Waals surface area contributed by atoms with Gasteiger partial charge in [-0.1, -0.05) is 24.6 Å². The molecule has 0 amide bonds. The van der Waals surface area contributed by atoms with Crippen LogP contribution in [-0.4, -0.2) is 62.1 Å². The molecule has 2 aliphatic heterocycles. The Morgan fingerprint density at radius 2 is 1.81 bits per heavy atom. The normalized spacial score (nSPS) is 53.9.